The van der Waals surface area contributed by atoms with Gasteiger partial charge in [0.15, 0.2) is 5.65 Å². The van der Waals surface area contributed by atoms with Crippen LogP contribution in [0.5, 0.6) is 0 Å². The highest BCUT2D eigenvalue weighted by molar-refractivity contribution is 5.69. The molecule has 0 radical (unpaired) electrons. The maximum absolute atomic E-state index is 12.6. The summed E-state index contributed by atoms with van der Waals surface area (Å²) < 4.78 is 12.6. The number of aromatic amines is 1. The van der Waals surface area contributed by atoms with Gasteiger partial charge < -0.3 is 4.98 Å². The van der Waals surface area contributed by atoms with Crippen molar-refractivity contribution in [2.24, 2.45) is 0 Å². The molecule has 0 aliphatic heterocycles. The molecule has 1 N–H and O–H groups in total. The standard InChI is InChI=1S/C8H6FN3O/c1-4-2-5-7(12-8(4)13)11-6(9)3-10-5/h2-3H,1H3,(H,11,12,13). The summed E-state index contributed by atoms with van der Waals surface area (Å²) in [6, 6.07) is 1.57. The first-order chi connectivity index (χ1) is 6.16. The molecule has 5 heteroatoms. The predicted octanol–water partition coefficient (Wildman–Crippen LogP) is 0.766. The third-order valence-corrected chi connectivity index (χ3v) is 1.71. The molecule has 0 amide bonds. The Morgan fingerprint density at radius 2 is 2.31 bits per heavy atom. The van der Waals surface area contributed by atoms with E-state index in [9.17, 15) is 9.18 Å². The number of nitrogens with zero attached hydrogens (tertiary/aromatic N) is 2. The first-order valence-corrected chi connectivity index (χ1v) is 3.69. The van der Waals surface area contributed by atoms with Crippen LogP contribution in [0.25, 0.3) is 11.2 Å². The molecule has 0 saturated carbocycles. The minimum atomic E-state index is -0.702. The van der Waals surface area contributed by atoms with Gasteiger partial charge in [-0.2, -0.15) is 9.37 Å². The molecule has 0 fully saturated rings. The summed E-state index contributed by atoms with van der Waals surface area (Å²) in [5.74, 6) is -0.702. The number of H-pyrrole nitrogens is 1. The molecule has 0 aromatic carbocycles. The van der Waals surface area contributed by atoms with Crippen LogP contribution in [-0.2, 0) is 0 Å². The van der Waals surface area contributed by atoms with Crippen molar-refractivity contribution in [2.75, 3.05) is 0 Å². The molecular formula is C8H6FN3O. The van der Waals surface area contributed by atoms with Crippen LogP contribution >= 0.6 is 0 Å². The van der Waals surface area contributed by atoms with E-state index in [1.54, 1.807) is 13.0 Å². The van der Waals surface area contributed by atoms with Gasteiger partial charge in [-0.25, -0.2) is 4.98 Å². The maximum atomic E-state index is 12.6. The molecular weight excluding hydrogens is 173 g/mol. The Morgan fingerprint density at radius 1 is 1.54 bits per heavy atom. The normalized spacial score (nSPS) is 10.6. The molecule has 0 aliphatic rings. The van der Waals surface area contributed by atoms with Gasteiger partial charge in [0.1, 0.15) is 5.52 Å². The number of hydrogen-bond acceptors (Lipinski definition) is 3. The lowest BCUT2D eigenvalue weighted by Gasteiger charge is -1.96. The summed E-state index contributed by atoms with van der Waals surface area (Å²) in [6.45, 7) is 1.66. The summed E-state index contributed by atoms with van der Waals surface area (Å²) in [5, 5.41) is 0. The summed E-state index contributed by atoms with van der Waals surface area (Å²) in [4.78, 5) is 20.8. The topological polar surface area (TPSA) is 58.6 Å². The molecule has 0 spiro atoms. The first-order valence-electron chi connectivity index (χ1n) is 3.69. The van der Waals surface area contributed by atoms with E-state index in [-0.39, 0.29) is 11.2 Å². The fourth-order valence-electron chi connectivity index (χ4n) is 1.05. The molecule has 2 heterocycles. The molecule has 4 nitrogen and oxygen atoms in total. The van der Waals surface area contributed by atoms with Gasteiger partial charge in [-0.1, -0.05) is 0 Å². The second-order valence-corrected chi connectivity index (χ2v) is 2.71. The van der Waals surface area contributed by atoms with Crippen molar-refractivity contribution < 1.29 is 4.39 Å². The highest BCUT2D eigenvalue weighted by Crippen LogP contribution is 2.04. The predicted molar refractivity (Wildman–Crippen MR) is 44.9 cm³/mol. The van der Waals surface area contributed by atoms with E-state index >= 15 is 0 Å². The van der Waals surface area contributed by atoms with Gasteiger partial charge in [0.25, 0.3) is 5.56 Å². The molecule has 0 bridgehead atoms. The number of nitrogens with one attached hydrogen (secondary N) is 1. The lowest BCUT2D eigenvalue weighted by atomic mass is 10.3. The Hall–Kier alpha value is -1.78. The molecule has 0 unspecified atom stereocenters. The quantitative estimate of drug-likeness (QED) is 0.649. The zero-order valence-electron chi connectivity index (χ0n) is 6.84. The Bertz CT molecular complexity index is 520. The molecule has 2 aromatic rings. The number of halogens is 1. The van der Waals surface area contributed by atoms with E-state index in [1.807, 2.05) is 0 Å². The number of fused-ring (bicyclic) bond motifs is 1. The average molecular weight is 179 g/mol. The van der Waals surface area contributed by atoms with E-state index in [4.69, 9.17) is 0 Å². The lowest BCUT2D eigenvalue weighted by molar-refractivity contribution is 0.582. The van der Waals surface area contributed by atoms with E-state index in [2.05, 4.69) is 15.0 Å². The monoisotopic (exact) mass is 179 g/mol. The fourth-order valence-corrected chi connectivity index (χ4v) is 1.05. The lowest BCUT2D eigenvalue weighted by Crippen LogP contribution is -2.10. The summed E-state index contributed by atoms with van der Waals surface area (Å²) >= 11 is 0. The first kappa shape index (κ1) is 7.85. The Labute approximate surface area is 72.5 Å². The Morgan fingerprint density at radius 3 is 3.08 bits per heavy atom. The average Bonchev–Trinajstić information content (AvgIpc) is 2.08. The van der Waals surface area contributed by atoms with Crippen molar-refractivity contribution in [3.8, 4) is 0 Å². The van der Waals surface area contributed by atoms with E-state index in [0.717, 1.165) is 6.20 Å². The number of hydrogen-bond donors (Lipinski definition) is 1. The summed E-state index contributed by atoms with van der Waals surface area (Å²) in [7, 11) is 0. The number of pyridine rings is 1. The van der Waals surface area contributed by atoms with Gasteiger partial charge in [-0.05, 0) is 13.0 Å². The minimum Gasteiger partial charge on any atom is -0.305 e. The van der Waals surface area contributed by atoms with Crippen molar-refractivity contribution in [2.45, 2.75) is 6.92 Å². The smallest absolute Gasteiger partial charge is 0.252 e. The van der Waals surface area contributed by atoms with E-state index in [1.165, 1.54) is 0 Å². The van der Waals surface area contributed by atoms with Gasteiger partial charge in [-0.15, -0.1) is 0 Å². The van der Waals surface area contributed by atoms with Crippen molar-refractivity contribution in [1.29, 1.82) is 0 Å². The van der Waals surface area contributed by atoms with Gasteiger partial charge in [-0.3, -0.25) is 4.79 Å². The van der Waals surface area contributed by atoms with Crippen LogP contribution in [0.1, 0.15) is 5.56 Å². The van der Waals surface area contributed by atoms with Crippen molar-refractivity contribution in [1.82, 2.24) is 15.0 Å². The Balaban J connectivity index is 2.89. The highest BCUT2D eigenvalue weighted by atomic mass is 19.1. The van der Waals surface area contributed by atoms with Crippen molar-refractivity contribution >= 4 is 11.2 Å². The summed E-state index contributed by atoms with van der Waals surface area (Å²) in [6.07, 6.45) is 1.01. The van der Waals surface area contributed by atoms with Crippen molar-refractivity contribution in [3.63, 3.8) is 0 Å². The van der Waals surface area contributed by atoms with Crippen LogP contribution in [0, 0.1) is 12.9 Å². The molecule has 0 aliphatic carbocycles. The second kappa shape index (κ2) is 2.62. The largest absolute Gasteiger partial charge is 0.305 e. The molecule has 66 valence electrons. The fraction of sp³-hybridized carbons (Fsp3) is 0.125. The van der Waals surface area contributed by atoms with Gasteiger partial charge >= 0.3 is 0 Å². The minimum absolute atomic E-state index is 0.176. The second-order valence-electron chi connectivity index (χ2n) is 2.71. The maximum Gasteiger partial charge on any atom is 0.252 e. The summed E-state index contributed by atoms with van der Waals surface area (Å²) in [5.41, 5.74) is 0.926. The molecule has 0 atom stereocenters. The number of aromatic nitrogens is 3. The zero-order chi connectivity index (χ0) is 9.42. The van der Waals surface area contributed by atoms with E-state index in [0.29, 0.717) is 11.1 Å². The van der Waals surface area contributed by atoms with Crippen LogP contribution in [-0.4, -0.2) is 15.0 Å². The van der Waals surface area contributed by atoms with Crippen molar-refractivity contribution in [3.05, 3.63) is 34.1 Å². The van der Waals surface area contributed by atoms with Crippen LogP contribution < -0.4 is 5.56 Å². The SMILES string of the molecule is Cc1cc2ncc(F)nc2[nH]c1=O. The number of rotatable bonds is 0. The Kier molecular flexibility index (Phi) is 1.58. The van der Waals surface area contributed by atoms with Crippen LogP contribution in [0.3, 0.4) is 0 Å². The third kappa shape index (κ3) is 1.28. The molecule has 2 rings (SSSR count). The van der Waals surface area contributed by atoms with Crippen LogP contribution in [0.15, 0.2) is 17.1 Å². The van der Waals surface area contributed by atoms with Crippen LogP contribution in [0.4, 0.5) is 4.39 Å². The van der Waals surface area contributed by atoms with Gasteiger partial charge in [0.2, 0.25) is 5.95 Å². The molecule has 2 aromatic heterocycles. The van der Waals surface area contributed by atoms with Gasteiger partial charge in [0.05, 0.1) is 6.20 Å². The highest BCUT2D eigenvalue weighted by Gasteiger charge is 2.01. The molecule has 0 saturated heterocycles. The zero-order valence-corrected chi connectivity index (χ0v) is 6.84. The third-order valence-electron chi connectivity index (χ3n) is 1.71. The van der Waals surface area contributed by atoms with E-state index < -0.39 is 5.95 Å². The van der Waals surface area contributed by atoms with Gasteiger partial charge in [0, 0.05) is 5.56 Å². The molecule has 13 heavy (non-hydrogen) atoms. The number of aryl methyl sites for hydroxylation is 1. The van der Waals surface area contributed by atoms with Crippen LogP contribution in [0.2, 0.25) is 0 Å².